The van der Waals surface area contributed by atoms with Crippen LogP contribution in [-0.2, 0) is 0 Å². The second-order valence-electron chi connectivity index (χ2n) is 2.67. The molecule has 1 rings (SSSR count). The van der Waals surface area contributed by atoms with Gasteiger partial charge in [0.15, 0.2) is 0 Å². The molecular formula is C7H18N2. The van der Waals surface area contributed by atoms with Crippen molar-refractivity contribution in [1.29, 1.82) is 0 Å². The predicted octanol–water partition coefficient (Wildman–Crippen LogP) is 0.546. The lowest BCUT2D eigenvalue weighted by Gasteiger charge is -2.11. The Morgan fingerprint density at radius 2 is 2.56 bits per heavy atom. The highest BCUT2D eigenvalue weighted by atomic mass is 15.2. The first kappa shape index (κ1) is 7.03. The standard InChI is InChI=1S/C7H16N2.H2/c1-3-9-5-4-7(6-9)8-2;/h7-8H,3-6H2,1-2H3;1H. The summed E-state index contributed by atoms with van der Waals surface area (Å²) >= 11 is 0. The Kier molecular flexibility index (Phi) is 2.49. The fourth-order valence-corrected chi connectivity index (χ4v) is 1.36. The van der Waals surface area contributed by atoms with Crippen LogP contribution in [0.1, 0.15) is 14.8 Å². The van der Waals surface area contributed by atoms with Crippen LogP contribution in [0.15, 0.2) is 0 Å². The summed E-state index contributed by atoms with van der Waals surface area (Å²) in [7, 11) is 2.05. The Balaban J connectivity index is 0.000000810. The van der Waals surface area contributed by atoms with E-state index in [0.29, 0.717) is 0 Å². The second-order valence-corrected chi connectivity index (χ2v) is 2.67. The molecule has 0 spiro atoms. The minimum atomic E-state index is 0. The van der Waals surface area contributed by atoms with Crippen molar-refractivity contribution in [2.24, 2.45) is 0 Å². The molecule has 0 aromatic rings. The number of hydrogen-bond acceptors (Lipinski definition) is 2. The zero-order valence-corrected chi connectivity index (χ0v) is 6.35. The monoisotopic (exact) mass is 130 g/mol. The highest BCUT2D eigenvalue weighted by Crippen LogP contribution is 2.06. The molecule has 0 amide bonds. The van der Waals surface area contributed by atoms with E-state index >= 15 is 0 Å². The molecule has 0 aromatic heterocycles. The maximum atomic E-state index is 3.29. The number of likely N-dealkylation sites (tertiary alicyclic amines) is 1. The topological polar surface area (TPSA) is 15.3 Å². The molecule has 0 bridgehead atoms. The Bertz CT molecular complexity index is 77.7. The summed E-state index contributed by atoms with van der Waals surface area (Å²) in [5.74, 6) is 0. The number of hydrogen-bond donors (Lipinski definition) is 1. The minimum absolute atomic E-state index is 0. The first-order chi connectivity index (χ1) is 4.36. The highest BCUT2D eigenvalue weighted by molar-refractivity contribution is 4.78. The van der Waals surface area contributed by atoms with E-state index < -0.39 is 0 Å². The van der Waals surface area contributed by atoms with Gasteiger partial charge < -0.3 is 10.2 Å². The molecule has 0 saturated carbocycles. The lowest BCUT2D eigenvalue weighted by Crippen LogP contribution is -2.29. The molecule has 1 saturated heterocycles. The Morgan fingerprint density at radius 1 is 1.78 bits per heavy atom. The Labute approximate surface area is 58.7 Å². The molecule has 56 valence electrons. The molecule has 2 heteroatoms. The van der Waals surface area contributed by atoms with Gasteiger partial charge in [-0.15, -0.1) is 0 Å². The molecule has 1 atom stereocenters. The van der Waals surface area contributed by atoms with Gasteiger partial charge >= 0.3 is 0 Å². The molecule has 9 heavy (non-hydrogen) atoms. The summed E-state index contributed by atoms with van der Waals surface area (Å²) in [6.45, 7) is 5.95. The molecule has 1 aliphatic rings. The van der Waals surface area contributed by atoms with Gasteiger partial charge in [0.1, 0.15) is 0 Å². The highest BCUT2D eigenvalue weighted by Gasteiger charge is 2.18. The molecule has 1 fully saturated rings. The smallest absolute Gasteiger partial charge is 0.0204 e. The summed E-state index contributed by atoms with van der Waals surface area (Å²) in [6, 6.07) is 0.755. The minimum Gasteiger partial charge on any atom is -0.316 e. The van der Waals surface area contributed by atoms with E-state index in [1.807, 2.05) is 7.05 Å². The first-order valence-corrected chi connectivity index (χ1v) is 3.76. The first-order valence-electron chi connectivity index (χ1n) is 3.76. The van der Waals surface area contributed by atoms with Crippen LogP contribution in [-0.4, -0.2) is 37.6 Å². The van der Waals surface area contributed by atoms with Crippen LogP contribution in [0, 0.1) is 0 Å². The SMILES string of the molecule is CCN1CCC(NC)C1.[HH]. The van der Waals surface area contributed by atoms with Crippen molar-refractivity contribution in [2.45, 2.75) is 19.4 Å². The fraction of sp³-hybridized carbons (Fsp3) is 1.00. The van der Waals surface area contributed by atoms with Gasteiger partial charge in [-0.25, -0.2) is 0 Å². The van der Waals surface area contributed by atoms with Crippen molar-refractivity contribution < 1.29 is 1.43 Å². The third-order valence-electron chi connectivity index (χ3n) is 2.13. The molecule has 1 unspecified atom stereocenters. The summed E-state index contributed by atoms with van der Waals surface area (Å²) in [6.07, 6.45) is 1.32. The van der Waals surface area contributed by atoms with Crippen LogP contribution in [0.4, 0.5) is 0 Å². The van der Waals surface area contributed by atoms with Gasteiger partial charge in [0.2, 0.25) is 0 Å². The van der Waals surface area contributed by atoms with E-state index in [1.54, 1.807) is 0 Å². The summed E-state index contributed by atoms with van der Waals surface area (Å²) < 4.78 is 0. The van der Waals surface area contributed by atoms with Crippen molar-refractivity contribution in [3.8, 4) is 0 Å². The number of nitrogens with one attached hydrogen (secondary N) is 1. The second kappa shape index (κ2) is 3.18. The van der Waals surface area contributed by atoms with Crippen LogP contribution >= 0.6 is 0 Å². The summed E-state index contributed by atoms with van der Waals surface area (Å²) in [5, 5.41) is 3.29. The maximum Gasteiger partial charge on any atom is 0.0204 e. The third-order valence-corrected chi connectivity index (χ3v) is 2.13. The number of likely N-dealkylation sites (N-methyl/N-ethyl adjacent to an activating group) is 2. The van der Waals surface area contributed by atoms with Gasteiger partial charge in [0.05, 0.1) is 0 Å². The average molecular weight is 130 g/mol. The van der Waals surface area contributed by atoms with E-state index in [-0.39, 0.29) is 1.43 Å². The van der Waals surface area contributed by atoms with Gasteiger partial charge in [-0.05, 0) is 26.6 Å². The van der Waals surface area contributed by atoms with Crippen molar-refractivity contribution in [1.82, 2.24) is 10.2 Å². The van der Waals surface area contributed by atoms with E-state index in [0.717, 1.165) is 6.04 Å². The van der Waals surface area contributed by atoms with Crippen molar-refractivity contribution >= 4 is 0 Å². The van der Waals surface area contributed by atoms with Gasteiger partial charge in [-0.2, -0.15) is 0 Å². The lowest BCUT2D eigenvalue weighted by molar-refractivity contribution is 0.348. The van der Waals surface area contributed by atoms with Crippen LogP contribution in [0.25, 0.3) is 0 Å². The Morgan fingerprint density at radius 3 is 2.89 bits per heavy atom. The Hall–Kier alpha value is -0.0800. The lowest BCUT2D eigenvalue weighted by atomic mass is 10.3. The molecule has 0 radical (unpaired) electrons. The zero-order valence-electron chi connectivity index (χ0n) is 6.35. The fourth-order valence-electron chi connectivity index (χ4n) is 1.36. The largest absolute Gasteiger partial charge is 0.316 e. The van der Waals surface area contributed by atoms with Crippen LogP contribution in [0.3, 0.4) is 0 Å². The van der Waals surface area contributed by atoms with E-state index in [9.17, 15) is 0 Å². The molecular weight excluding hydrogens is 112 g/mol. The average Bonchev–Trinajstić information content (AvgIpc) is 2.34. The van der Waals surface area contributed by atoms with Crippen molar-refractivity contribution in [2.75, 3.05) is 26.7 Å². The van der Waals surface area contributed by atoms with Gasteiger partial charge in [-0.3, -0.25) is 0 Å². The predicted molar refractivity (Wildman–Crippen MR) is 41.7 cm³/mol. The summed E-state index contributed by atoms with van der Waals surface area (Å²) in [5.41, 5.74) is 0. The molecule has 0 aromatic carbocycles. The molecule has 1 N–H and O–H groups in total. The van der Waals surface area contributed by atoms with Crippen LogP contribution in [0.5, 0.6) is 0 Å². The molecule has 1 aliphatic heterocycles. The van der Waals surface area contributed by atoms with E-state index in [1.165, 1.54) is 26.1 Å². The normalized spacial score (nSPS) is 29.3. The molecule has 0 aliphatic carbocycles. The van der Waals surface area contributed by atoms with Crippen molar-refractivity contribution in [3.63, 3.8) is 0 Å². The van der Waals surface area contributed by atoms with E-state index in [2.05, 4.69) is 17.1 Å². The quantitative estimate of drug-likeness (QED) is 0.587. The van der Waals surface area contributed by atoms with Gasteiger partial charge in [0.25, 0.3) is 0 Å². The number of rotatable bonds is 2. The van der Waals surface area contributed by atoms with Gasteiger partial charge in [0, 0.05) is 14.0 Å². The van der Waals surface area contributed by atoms with Crippen LogP contribution < -0.4 is 5.32 Å². The molecule has 2 nitrogen and oxygen atoms in total. The zero-order chi connectivity index (χ0) is 6.69. The van der Waals surface area contributed by atoms with Crippen molar-refractivity contribution in [3.05, 3.63) is 0 Å². The maximum absolute atomic E-state index is 3.29. The summed E-state index contributed by atoms with van der Waals surface area (Å²) in [4.78, 5) is 2.47. The van der Waals surface area contributed by atoms with Crippen LogP contribution in [0.2, 0.25) is 0 Å². The third kappa shape index (κ3) is 1.66. The van der Waals surface area contributed by atoms with Gasteiger partial charge in [-0.1, -0.05) is 6.92 Å². The number of nitrogens with zero attached hydrogens (tertiary/aromatic N) is 1. The molecule has 1 heterocycles. The van der Waals surface area contributed by atoms with E-state index in [4.69, 9.17) is 0 Å².